The van der Waals surface area contributed by atoms with Crippen molar-refractivity contribution in [1.82, 2.24) is 19.7 Å². The van der Waals surface area contributed by atoms with Crippen molar-refractivity contribution in [3.8, 4) is 11.4 Å². The Morgan fingerprint density at radius 2 is 2.00 bits per heavy atom. The number of primary amides is 1. The first-order chi connectivity index (χ1) is 12.1. The first-order valence-corrected chi connectivity index (χ1v) is 8.64. The van der Waals surface area contributed by atoms with Gasteiger partial charge in [0.05, 0.1) is 25.8 Å². The highest BCUT2D eigenvalue weighted by atomic mass is 16.5. The Balaban J connectivity index is 1.87. The SMILES string of the molecule is COc1ccc(-n2nc(CC(N)=O)nc2CN(C)C2CCCC2)cc1. The summed E-state index contributed by atoms with van der Waals surface area (Å²) in [6.45, 7) is 0.683. The second kappa shape index (κ2) is 7.65. The summed E-state index contributed by atoms with van der Waals surface area (Å²) in [7, 11) is 3.76. The normalized spacial score (nSPS) is 15.0. The van der Waals surface area contributed by atoms with Gasteiger partial charge in [0.25, 0.3) is 0 Å². The van der Waals surface area contributed by atoms with Crippen LogP contribution >= 0.6 is 0 Å². The molecule has 7 nitrogen and oxygen atoms in total. The van der Waals surface area contributed by atoms with Crippen LogP contribution in [0.5, 0.6) is 5.75 Å². The monoisotopic (exact) mass is 343 g/mol. The molecule has 1 aromatic carbocycles. The van der Waals surface area contributed by atoms with Gasteiger partial charge in [-0.3, -0.25) is 9.69 Å². The minimum absolute atomic E-state index is 0.0449. The van der Waals surface area contributed by atoms with Gasteiger partial charge in [-0.2, -0.15) is 5.10 Å². The fraction of sp³-hybridized carbons (Fsp3) is 0.500. The van der Waals surface area contributed by atoms with E-state index in [1.807, 2.05) is 24.3 Å². The Bertz CT molecular complexity index is 720. The molecule has 0 spiro atoms. The molecule has 1 saturated carbocycles. The molecule has 3 rings (SSSR count). The van der Waals surface area contributed by atoms with Crippen molar-refractivity contribution in [2.75, 3.05) is 14.2 Å². The Hall–Kier alpha value is -2.41. The van der Waals surface area contributed by atoms with Crippen molar-refractivity contribution in [1.29, 1.82) is 0 Å². The Morgan fingerprint density at radius 3 is 2.60 bits per heavy atom. The maximum Gasteiger partial charge on any atom is 0.225 e. The molecule has 0 aliphatic heterocycles. The van der Waals surface area contributed by atoms with Gasteiger partial charge in [0.2, 0.25) is 5.91 Å². The highest BCUT2D eigenvalue weighted by molar-refractivity contribution is 5.75. The Kier molecular flexibility index (Phi) is 5.33. The summed E-state index contributed by atoms with van der Waals surface area (Å²) >= 11 is 0. The van der Waals surface area contributed by atoms with Crippen LogP contribution in [0.3, 0.4) is 0 Å². The van der Waals surface area contributed by atoms with E-state index in [1.54, 1.807) is 11.8 Å². The van der Waals surface area contributed by atoms with E-state index in [2.05, 4.69) is 22.0 Å². The highest BCUT2D eigenvalue weighted by Crippen LogP contribution is 2.24. The second-order valence-corrected chi connectivity index (χ2v) is 6.55. The Labute approximate surface area is 147 Å². The van der Waals surface area contributed by atoms with Crippen LogP contribution in [0.15, 0.2) is 24.3 Å². The lowest BCUT2D eigenvalue weighted by atomic mass is 10.2. The molecule has 0 atom stereocenters. The molecule has 1 heterocycles. The molecule has 7 heteroatoms. The molecule has 2 aromatic rings. The third-order valence-corrected chi connectivity index (χ3v) is 4.71. The van der Waals surface area contributed by atoms with Crippen LogP contribution in [0.2, 0.25) is 0 Å². The standard InChI is InChI=1S/C18H25N5O2/c1-22(13-5-3-4-6-13)12-18-20-17(11-16(19)24)21-23(18)14-7-9-15(25-2)10-8-14/h7-10,13H,3-6,11-12H2,1-2H3,(H2,19,24). The van der Waals surface area contributed by atoms with Crippen molar-refractivity contribution in [2.45, 2.75) is 44.7 Å². The van der Waals surface area contributed by atoms with Crippen LogP contribution in [0.1, 0.15) is 37.3 Å². The number of nitrogens with two attached hydrogens (primary N) is 1. The third-order valence-electron chi connectivity index (χ3n) is 4.71. The highest BCUT2D eigenvalue weighted by Gasteiger charge is 2.22. The molecule has 0 radical (unpaired) electrons. The first kappa shape index (κ1) is 17.4. The van der Waals surface area contributed by atoms with Gasteiger partial charge >= 0.3 is 0 Å². The molecule has 1 aliphatic carbocycles. The van der Waals surface area contributed by atoms with Gasteiger partial charge in [0, 0.05) is 6.04 Å². The lowest BCUT2D eigenvalue weighted by Crippen LogP contribution is -2.29. The smallest absolute Gasteiger partial charge is 0.225 e. The second-order valence-electron chi connectivity index (χ2n) is 6.55. The number of carbonyl (C=O) groups is 1. The van der Waals surface area contributed by atoms with Gasteiger partial charge in [0.1, 0.15) is 11.6 Å². The quantitative estimate of drug-likeness (QED) is 0.826. The molecule has 134 valence electrons. The lowest BCUT2D eigenvalue weighted by Gasteiger charge is -2.23. The topological polar surface area (TPSA) is 86.3 Å². The minimum Gasteiger partial charge on any atom is -0.497 e. The Morgan fingerprint density at radius 1 is 1.32 bits per heavy atom. The molecule has 1 aliphatic rings. The van der Waals surface area contributed by atoms with Crippen molar-refractivity contribution >= 4 is 5.91 Å². The molecule has 1 amide bonds. The van der Waals surface area contributed by atoms with Crippen molar-refractivity contribution < 1.29 is 9.53 Å². The van der Waals surface area contributed by atoms with Crippen molar-refractivity contribution in [3.63, 3.8) is 0 Å². The number of methoxy groups -OCH3 is 1. The molecular formula is C18H25N5O2. The number of aromatic nitrogens is 3. The maximum absolute atomic E-state index is 11.2. The van der Waals surface area contributed by atoms with Gasteiger partial charge in [-0.25, -0.2) is 9.67 Å². The number of amides is 1. The molecule has 0 saturated heterocycles. The summed E-state index contributed by atoms with van der Waals surface area (Å²) in [5.74, 6) is 1.63. The minimum atomic E-state index is -0.428. The van der Waals surface area contributed by atoms with E-state index in [4.69, 9.17) is 10.5 Å². The third kappa shape index (κ3) is 4.17. The number of hydrogen-bond donors (Lipinski definition) is 1. The zero-order valence-electron chi connectivity index (χ0n) is 14.8. The summed E-state index contributed by atoms with van der Waals surface area (Å²) in [5, 5.41) is 4.49. The van der Waals surface area contributed by atoms with E-state index in [1.165, 1.54) is 25.7 Å². The fourth-order valence-electron chi connectivity index (χ4n) is 3.35. The van der Waals surface area contributed by atoms with Crippen LogP contribution in [0, 0.1) is 0 Å². The number of benzene rings is 1. The summed E-state index contributed by atoms with van der Waals surface area (Å²) in [6, 6.07) is 8.21. The summed E-state index contributed by atoms with van der Waals surface area (Å²) in [6.07, 6.45) is 5.06. The van der Waals surface area contributed by atoms with E-state index in [0.717, 1.165) is 17.3 Å². The van der Waals surface area contributed by atoms with Crippen LogP contribution in [0.4, 0.5) is 0 Å². The lowest BCUT2D eigenvalue weighted by molar-refractivity contribution is -0.117. The molecule has 1 fully saturated rings. The number of nitrogens with zero attached hydrogens (tertiary/aromatic N) is 4. The average molecular weight is 343 g/mol. The van der Waals surface area contributed by atoms with Gasteiger partial charge in [-0.15, -0.1) is 0 Å². The average Bonchev–Trinajstić information content (AvgIpc) is 3.24. The maximum atomic E-state index is 11.2. The molecular weight excluding hydrogens is 318 g/mol. The predicted molar refractivity (Wildman–Crippen MR) is 94.5 cm³/mol. The van der Waals surface area contributed by atoms with Gasteiger partial charge in [-0.05, 0) is 44.2 Å². The van der Waals surface area contributed by atoms with Gasteiger partial charge in [0.15, 0.2) is 5.82 Å². The zero-order valence-corrected chi connectivity index (χ0v) is 14.8. The van der Waals surface area contributed by atoms with Crippen LogP contribution in [0.25, 0.3) is 5.69 Å². The van der Waals surface area contributed by atoms with E-state index in [0.29, 0.717) is 18.4 Å². The molecule has 0 unspecified atom stereocenters. The number of hydrogen-bond acceptors (Lipinski definition) is 5. The number of rotatable bonds is 7. The summed E-state index contributed by atoms with van der Waals surface area (Å²) < 4.78 is 7.01. The van der Waals surface area contributed by atoms with Crippen LogP contribution < -0.4 is 10.5 Å². The van der Waals surface area contributed by atoms with E-state index >= 15 is 0 Å². The zero-order chi connectivity index (χ0) is 17.8. The van der Waals surface area contributed by atoms with Gasteiger partial charge < -0.3 is 10.5 Å². The predicted octanol–water partition coefficient (Wildman–Crippen LogP) is 1.68. The summed E-state index contributed by atoms with van der Waals surface area (Å²) in [5.41, 5.74) is 6.19. The van der Waals surface area contributed by atoms with Crippen LogP contribution in [-0.2, 0) is 17.8 Å². The van der Waals surface area contributed by atoms with Crippen molar-refractivity contribution in [3.05, 3.63) is 35.9 Å². The van der Waals surface area contributed by atoms with Crippen molar-refractivity contribution in [2.24, 2.45) is 5.73 Å². The molecule has 25 heavy (non-hydrogen) atoms. The van der Waals surface area contributed by atoms with E-state index < -0.39 is 5.91 Å². The first-order valence-electron chi connectivity index (χ1n) is 8.64. The fourth-order valence-corrected chi connectivity index (χ4v) is 3.35. The van der Waals surface area contributed by atoms with Gasteiger partial charge in [-0.1, -0.05) is 12.8 Å². The van der Waals surface area contributed by atoms with E-state index in [-0.39, 0.29) is 6.42 Å². The number of ether oxygens (including phenoxy) is 1. The number of carbonyl (C=O) groups excluding carboxylic acids is 1. The van der Waals surface area contributed by atoms with Crippen LogP contribution in [-0.4, -0.2) is 45.8 Å². The van der Waals surface area contributed by atoms with E-state index in [9.17, 15) is 4.79 Å². The molecule has 2 N–H and O–H groups in total. The molecule has 0 bridgehead atoms. The largest absolute Gasteiger partial charge is 0.497 e. The molecule has 1 aromatic heterocycles. The summed E-state index contributed by atoms with van der Waals surface area (Å²) in [4.78, 5) is 18.1.